The predicted octanol–water partition coefficient (Wildman–Crippen LogP) is 1.46. The first-order valence-electron chi connectivity index (χ1n) is 3.03. The van der Waals surface area contributed by atoms with E-state index < -0.39 is 0 Å². The number of carbonyl (C=O) groups is 1. The summed E-state index contributed by atoms with van der Waals surface area (Å²) in [7, 11) is 0. The summed E-state index contributed by atoms with van der Waals surface area (Å²) in [6, 6.07) is 0. The van der Waals surface area contributed by atoms with E-state index in [2.05, 4.69) is 26.2 Å². The van der Waals surface area contributed by atoms with E-state index in [4.69, 9.17) is 0 Å². The Balaban J connectivity index is 2.64. The third kappa shape index (κ3) is 2.27. The Labute approximate surface area is 77.0 Å². The molecule has 1 rings (SSSR count). The average Bonchev–Trinajstić information content (AvgIpc) is 2.28. The molecule has 0 saturated carbocycles. The number of rotatable bonds is 3. The van der Waals surface area contributed by atoms with E-state index in [0.29, 0.717) is 13.0 Å². The quantitative estimate of drug-likeness (QED) is 0.806. The van der Waals surface area contributed by atoms with Gasteiger partial charge in [0.2, 0.25) is 6.41 Å². The van der Waals surface area contributed by atoms with E-state index in [9.17, 15) is 4.79 Å². The van der Waals surface area contributed by atoms with Gasteiger partial charge in [-0.1, -0.05) is 0 Å². The maximum absolute atomic E-state index is 9.92. The van der Waals surface area contributed by atoms with Crippen molar-refractivity contribution in [1.82, 2.24) is 10.3 Å². The summed E-state index contributed by atoms with van der Waals surface area (Å²) >= 11 is 4.87. The van der Waals surface area contributed by atoms with Crippen molar-refractivity contribution in [2.24, 2.45) is 0 Å². The van der Waals surface area contributed by atoms with Crippen LogP contribution in [0.1, 0.15) is 9.88 Å². The lowest BCUT2D eigenvalue weighted by molar-refractivity contribution is -0.109. The van der Waals surface area contributed by atoms with Gasteiger partial charge in [-0.3, -0.25) is 4.79 Å². The largest absolute Gasteiger partial charge is 0.352 e. The van der Waals surface area contributed by atoms with E-state index in [-0.39, 0.29) is 0 Å². The van der Waals surface area contributed by atoms with Crippen LogP contribution in [0.3, 0.4) is 0 Å². The predicted molar refractivity (Wildman–Crippen MR) is 47.5 cm³/mol. The summed E-state index contributed by atoms with van der Waals surface area (Å²) in [5.41, 5.74) is 0. The second-order valence-corrected chi connectivity index (χ2v) is 3.99. The number of nitrogens with zero attached hydrogens (tertiary/aromatic N) is 1. The topological polar surface area (TPSA) is 42.0 Å². The fourth-order valence-electron chi connectivity index (χ4n) is 0.634. The summed E-state index contributed by atoms with van der Waals surface area (Å²) in [4.78, 5) is 15.2. The second-order valence-electron chi connectivity index (χ2n) is 1.95. The molecule has 0 aliphatic rings. The Morgan fingerprint density at radius 1 is 1.82 bits per heavy atom. The smallest absolute Gasteiger partial charge is 0.207 e. The minimum absolute atomic E-state index is 0.514. The molecule has 11 heavy (non-hydrogen) atoms. The Morgan fingerprint density at radius 2 is 2.55 bits per heavy atom. The van der Waals surface area contributed by atoms with E-state index >= 15 is 0 Å². The number of aryl methyl sites for hydroxylation is 1. The van der Waals surface area contributed by atoms with Crippen LogP contribution in [0.2, 0.25) is 0 Å². The number of hydrogen-bond acceptors (Lipinski definition) is 3. The number of aromatic nitrogens is 1. The first-order chi connectivity index (χ1) is 5.24. The van der Waals surface area contributed by atoms with Crippen LogP contribution in [0.4, 0.5) is 0 Å². The molecule has 0 aromatic carbocycles. The number of hydrogen-bond donors (Lipinski definition) is 1. The molecule has 1 heterocycles. The first kappa shape index (κ1) is 8.67. The molecule has 60 valence electrons. The van der Waals surface area contributed by atoms with Gasteiger partial charge >= 0.3 is 0 Å². The SMILES string of the molecule is Cc1sc(CNC=O)nc1Br. The summed E-state index contributed by atoms with van der Waals surface area (Å²) in [5.74, 6) is 0. The van der Waals surface area contributed by atoms with Crippen molar-refractivity contribution in [3.8, 4) is 0 Å². The van der Waals surface area contributed by atoms with Gasteiger partial charge in [0.05, 0.1) is 6.54 Å². The van der Waals surface area contributed by atoms with Crippen LogP contribution >= 0.6 is 27.3 Å². The van der Waals surface area contributed by atoms with Gasteiger partial charge in [-0.25, -0.2) is 4.98 Å². The normalized spacial score (nSPS) is 9.64. The van der Waals surface area contributed by atoms with Gasteiger partial charge < -0.3 is 5.32 Å². The maximum Gasteiger partial charge on any atom is 0.207 e. The van der Waals surface area contributed by atoms with Crippen molar-refractivity contribution in [3.05, 3.63) is 14.5 Å². The summed E-state index contributed by atoms with van der Waals surface area (Å²) in [6.45, 7) is 2.49. The van der Waals surface area contributed by atoms with Crippen molar-refractivity contribution < 1.29 is 4.79 Å². The van der Waals surface area contributed by atoms with Crippen molar-refractivity contribution in [3.63, 3.8) is 0 Å². The Hall–Kier alpha value is -0.420. The van der Waals surface area contributed by atoms with Crippen LogP contribution in [0.15, 0.2) is 4.60 Å². The second kappa shape index (κ2) is 3.82. The summed E-state index contributed by atoms with van der Waals surface area (Å²) in [5, 5.41) is 3.47. The number of amides is 1. The Kier molecular flexibility index (Phi) is 3.02. The van der Waals surface area contributed by atoms with E-state index in [1.54, 1.807) is 11.3 Å². The molecular formula is C6H7BrN2OS. The molecule has 0 spiro atoms. The van der Waals surface area contributed by atoms with E-state index in [1.165, 1.54) is 0 Å². The Bertz CT molecular complexity index is 242. The van der Waals surface area contributed by atoms with Gasteiger partial charge in [0, 0.05) is 4.88 Å². The van der Waals surface area contributed by atoms with Crippen molar-refractivity contribution in [2.45, 2.75) is 13.5 Å². The molecule has 1 aromatic rings. The molecule has 0 bridgehead atoms. The molecule has 0 atom stereocenters. The summed E-state index contributed by atoms with van der Waals surface area (Å²) in [6.07, 6.45) is 0.671. The van der Waals surface area contributed by atoms with Crippen LogP contribution in [-0.4, -0.2) is 11.4 Å². The third-order valence-electron chi connectivity index (χ3n) is 1.12. The monoisotopic (exact) mass is 234 g/mol. The zero-order valence-electron chi connectivity index (χ0n) is 5.93. The van der Waals surface area contributed by atoms with Crippen molar-refractivity contribution in [2.75, 3.05) is 0 Å². The molecule has 0 saturated heterocycles. The molecule has 0 radical (unpaired) electrons. The highest BCUT2D eigenvalue weighted by atomic mass is 79.9. The number of thiazole rings is 1. The molecule has 0 unspecified atom stereocenters. The lowest BCUT2D eigenvalue weighted by Gasteiger charge is -1.89. The average molecular weight is 235 g/mol. The molecule has 0 fully saturated rings. The molecule has 0 aliphatic carbocycles. The molecule has 1 aromatic heterocycles. The number of carbonyl (C=O) groups excluding carboxylic acids is 1. The van der Waals surface area contributed by atoms with Gasteiger partial charge in [0.25, 0.3) is 0 Å². The number of nitrogens with one attached hydrogen (secondary N) is 1. The zero-order chi connectivity index (χ0) is 8.27. The van der Waals surface area contributed by atoms with E-state index in [1.807, 2.05) is 6.92 Å². The fraction of sp³-hybridized carbons (Fsp3) is 0.333. The zero-order valence-corrected chi connectivity index (χ0v) is 8.33. The lowest BCUT2D eigenvalue weighted by atomic mass is 10.6. The standard InChI is InChI=1S/C6H7BrN2OS/c1-4-6(7)9-5(11-4)2-8-3-10/h3H,2H2,1H3,(H,8,10). The highest BCUT2D eigenvalue weighted by Gasteiger charge is 2.02. The van der Waals surface area contributed by atoms with Crippen LogP contribution < -0.4 is 5.32 Å². The van der Waals surface area contributed by atoms with Crippen LogP contribution in [0, 0.1) is 6.92 Å². The van der Waals surface area contributed by atoms with Crippen LogP contribution in [0.5, 0.6) is 0 Å². The van der Waals surface area contributed by atoms with Gasteiger partial charge in [0.1, 0.15) is 9.61 Å². The highest BCUT2D eigenvalue weighted by molar-refractivity contribution is 9.10. The minimum atomic E-state index is 0.514. The molecule has 1 N–H and O–H groups in total. The molecule has 1 amide bonds. The maximum atomic E-state index is 9.92. The van der Waals surface area contributed by atoms with E-state index in [0.717, 1.165) is 14.5 Å². The first-order valence-corrected chi connectivity index (χ1v) is 4.64. The molecule has 0 aliphatic heterocycles. The molecule has 3 nitrogen and oxygen atoms in total. The highest BCUT2D eigenvalue weighted by Crippen LogP contribution is 2.21. The van der Waals surface area contributed by atoms with Gasteiger partial charge in [-0.05, 0) is 22.9 Å². The molecule has 5 heteroatoms. The number of halogens is 1. The Morgan fingerprint density at radius 3 is 3.00 bits per heavy atom. The van der Waals surface area contributed by atoms with Crippen molar-refractivity contribution in [1.29, 1.82) is 0 Å². The van der Waals surface area contributed by atoms with Gasteiger partial charge in [-0.2, -0.15) is 0 Å². The summed E-state index contributed by atoms with van der Waals surface area (Å²) < 4.78 is 0.866. The lowest BCUT2D eigenvalue weighted by Crippen LogP contribution is -2.08. The fourth-order valence-corrected chi connectivity index (χ4v) is 1.98. The van der Waals surface area contributed by atoms with Crippen LogP contribution in [-0.2, 0) is 11.3 Å². The van der Waals surface area contributed by atoms with Crippen molar-refractivity contribution >= 4 is 33.7 Å². The van der Waals surface area contributed by atoms with Crippen LogP contribution in [0.25, 0.3) is 0 Å². The molecular weight excluding hydrogens is 228 g/mol. The van der Waals surface area contributed by atoms with Gasteiger partial charge in [0.15, 0.2) is 0 Å². The third-order valence-corrected chi connectivity index (χ3v) is 3.13. The minimum Gasteiger partial charge on any atom is -0.352 e. The van der Waals surface area contributed by atoms with Gasteiger partial charge in [-0.15, -0.1) is 11.3 Å².